The Labute approximate surface area is 110 Å². The van der Waals surface area contributed by atoms with Crippen LogP contribution < -0.4 is 10.6 Å². The van der Waals surface area contributed by atoms with Crippen LogP contribution in [0.3, 0.4) is 0 Å². The van der Waals surface area contributed by atoms with Gasteiger partial charge in [0.15, 0.2) is 0 Å². The summed E-state index contributed by atoms with van der Waals surface area (Å²) in [6, 6.07) is 8.25. The van der Waals surface area contributed by atoms with Crippen LogP contribution in [0.15, 0.2) is 24.3 Å². The molecule has 3 heteroatoms. The molecule has 0 aliphatic rings. The molecule has 0 spiro atoms. The van der Waals surface area contributed by atoms with Crippen LogP contribution >= 0.6 is 0 Å². The Balaban J connectivity index is 2.24. The number of hydrogen-bond donors (Lipinski definition) is 2. The van der Waals surface area contributed by atoms with E-state index < -0.39 is 0 Å². The average Bonchev–Trinajstić information content (AvgIpc) is 2.36. The number of rotatable bonds is 6. The monoisotopic (exact) mass is 248 g/mol. The zero-order valence-electron chi connectivity index (χ0n) is 11.6. The molecule has 0 aromatic heterocycles. The first kappa shape index (κ1) is 14.6. The molecule has 2 N–H and O–H groups in total. The lowest BCUT2D eigenvalue weighted by molar-refractivity contribution is 0.240. The molecule has 100 valence electrons. The predicted molar refractivity (Wildman–Crippen MR) is 75.5 cm³/mol. The summed E-state index contributed by atoms with van der Waals surface area (Å²) in [5, 5.41) is 5.72. The van der Waals surface area contributed by atoms with Gasteiger partial charge in [0.05, 0.1) is 0 Å². The van der Waals surface area contributed by atoms with Gasteiger partial charge in [-0.2, -0.15) is 0 Å². The van der Waals surface area contributed by atoms with Crippen molar-refractivity contribution >= 4 is 6.03 Å². The summed E-state index contributed by atoms with van der Waals surface area (Å²) in [7, 11) is 0. The second kappa shape index (κ2) is 7.75. The van der Waals surface area contributed by atoms with Gasteiger partial charge in [0, 0.05) is 13.1 Å². The van der Waals surface area contributed by atoms with Crippen molar-refractivity contribution in [1.29, 1.82) is 0 Å². The standard InChI is InChI=1S/C15H24N2O/c1-4-13-5-7-14(8-6-13)11-17-15(18)16-10-9-12(2)3/h5-8,12H,4,9-11H2,1-3H3,(H2,16,17,18). The van der Waals surface area contributed by atoms with Crippen molar-refractivity contribution in [2.45, 2.75) is 40.2 Å². The van der Waals surface area contributed by atoms with Gasteiger partial charge in [0.25, 0.3) is 0 Å². The maximum atomic E-state index is 11.5. The molecule has 1 aromatic rings. The number of hydrogen-bond acceptors (Lipinski definition) is 1. The summed E-state index contributed by atoms with van der Waals surface area (Å²) < 4.78 is 0. The highest BCUT2D eigenvalue weighted by atomic mass is 16.2. The lowest BCUT2D eigenvalue weighted by Gasteiger charge is -2.09. The van der Waals surface area contributed by atoms with Crippen LogP contribution in [0.4, 0.5) is 4.79 Å². The van der Waals surface area contributed by atoms with Crippen molar-refractivity contribution in [1.82, 2.24) is 10.6 Å². The van der Waals surface area contributed by atoms with E-state index in [2.05, 4.69) is 55.7 Å². The Kier molecular flexibility index (Phi) is 6.26. The summed E-state index contributed by atoms with van der Waals surface area (Å²) >= 11 is 0. The first-order chi connectivity index (χ1) is 8.61. The van der Waals surface area contributed by atoms with Crippen LogP contribution in [-0.4, -0.2) is 12.6 Å². The third-order valence-corrected chi connectivity index (χ3v) is 2.89. The van der Waals surface area contributed by atoms with E-state index in [1.165, 1.54) is 5.56 Å². The number of carbonyl (C=O) groups excluding carboxylic acids is 1. The van der Waals surface area contributed by atoms with Crippen LogP contribution in [0, 0.1) is 5.92 Å². The molecule has 18 heavy (non-hydrogen) atoms. The molecule has 1 aromatic carbocycles. The first-order valence-corrected chi connectivity index (χ1v) is 6.71. The van der Waals surface area contributed by atoms with E-state index in [9.17, 15) is 4.79 Å². The van der Waals surface area contributed by atoms with E-state index in [1.54, 1.807) is 0 Å². The molecule has 0 heterocycles. The minimum Gasteiger partial charge on any atom is -0.338 e. The van der Waals surface area contributed by atoms with Gasteiger partial charge in [-0.05, 0) is 29.9 Å². The fourth-order valence-corrected chi connectivity index (χ4v) is 1.61. The third-order valence-electron chi connectivity index (χ3n) is 2.89. The van der Waals surface area contributed by atoms with Gasteiger partial charge in [-0.15, -0.1) is 0 Å². The smallest absolute Gasteiger partial charge is 0.315 e. The van der Waals surface area contributed by atoms with Crippen molar-refractivity contribution in [2.24, 2.45) is 5.92 Å². The Morgan fingerprint density at radius 1 is 1.11 bits per heavy atom. The molecule has 0 aliphatic heterocycles. The topological polar surface area (TPSA) is 41.1 Å². The summed E-state index contributed by atoms with van der Waals surface area (Å²) in [4.78, 5) is 11.5. The van der Waals surface area contributed by atoms with Crippen molar-refractivity contribution in [3.05, 3.63) is 35.4 Å². The number of benzene rings is 1. The summed E-state index contributed by atoms with van der Waals surface area (Å²) in [5.41, 5.74) is 2.45. The minimum atomic E-state index is -0.0878. The second-order valence-electron chi connectivity index (χ2n) is 4.96. The van der Waals surface area contributed by atoms with E-state index >= 15 is 0 Å². The Morgan fingerprint density at radius 3 is 2.28 bits per heavy atom. The Hall–Kier alpha value is -1.51. The third kappa shape index (κ3) is 5.71. The largest absolute Gasteiger partial charge is 0.338 e. The number of urea groups is 1. The number of carbonyl (C=O) groups is 1. The fraction of sp³-hybridized carbons (Fsp3) is 0.533. The van der Waals surface area contributed by atoms with Crippen LogP contribution in [0.1, 0.15) is 38.3 Å². The van der Waals surface area contributed by atoms with Crippen molar-refractivity contribution < 1.29 is 4.79 Å². The van der Waals surface area contributed by atoms with Gasteiger partial charge in [-0.25, -0.2) is 4.79 Å². The molecule has 0 atom stereocenters. The highest BCUT2D eigenvalue weighted by molar-refractivity contribution is 5.73. The van der Waals surface area contributed by atoms with Crippen LogP contribution in [0.5, 0.6) is 0 Å². The molecular formula is C15H24N2O. The summed E-state index contributed by atoms with van der Waals surface area (Å²) in [5.74, 6) is 0.617. The molecule has 0 unspecified atom stereocenters. The van der Waals surface area contributed by atoms with Crippen molar-refractivity contribution in [3.63, 3.8) is 0 Å². The lowest BCUT2D eigenvalue weighted by Crippen LogP contribution is -2.35. The van der Waals surface area contributed by atoms with Crippen LogP contribution in [0.25, 0.3) is 0 Å². The number of amides is 2. The number of aryl methyl sites for hydroxylation is 1. The highest BCUT2D eigenvalue weighted by Crippen LogP contribution is 2.04. The minimum absolute atomic E-state index is 0.0878. The lowest BCUT2D eigenvalue weighted by atomic mass is 10.1. The molecule has 2 amide bonds. The zero-order chi connectivity index (χ0) is 13.4. The quantitative estimate of drug-likeness (QED) is 0.798. The van der Waals surface area contributed by atoms with E-state index in [0.717, 1.165) is 24.9 Å². The molecule has 0 radical (unpaired) electrons. The average molecular weight is 248 g/mol. The molecule has 0 fully saturated rings. The SMILES string of the molecule is CCc1ccc(CNC(=O)NCCC(C)C)cc1. The Morgan fingerprint density at radius 2 is 1.72 bits per heavy atom. The van der Waals surface area contributed by atoms with E-state index in [1.807, 2.05) is 0 Å². The molecule has 0 saturated carbocycles. The molecular weight excluding hydrogens is 224 g/mol. The van der Waals surface area contributed by atoms with Gasteiger partial charge in [0.1, 0.15) is 0 Å². The van der Waals surface area contributed by atoms with Crippen LogP contribution in [-0.2, 0) is 13.0 Å². The molecule has 3 nitrogen and oxygen atoms in total. The maximum absolute atomic E-state index is 11.5. The van der Waals surface area contributed by atoms with E-state index in [0.29, 0.717) is 12.5 Å². The normalized spacial score (nSPS) is 10.4. The highest BCUT2D eigenvalue weighted by Gasteiger charge is 2.00. The molecule has 0 bridgehead atoms. The number of nitrogens with one attached hydrogen (secondary N) is 2. The van der Waals surface area contributed by atoms with Gasteiger partial charge in [0.2, 0.25) is 0 Å². The summed E-state index contributed by atoms with van der Waals surface area (Å²) in [6.07, 6.45) is 2.06. The van der Waals surface area contributed by atoms with Gasteiger partial charge < -0.3 is 10.6 Å². The predicted octanol–water partition coefficient (Wildman–Crippen LogP) is 3.09. The molecule has 0 aliphatic carbocycles. The van der Waals surface area contributed by atoms with E-state index in [4.69, 9.17) is 0 Å². The maximum Gasteiger partial charge on any atom is 0.315 e. The van der Waals surface area contributed by atoms with E-state index in [-0.39, 0.29) is 6.03 Å². The van der Waals surface area contributed by atoms with Gasteiger partial charge in [-0.3, -0.25) is 0 Å². The van der Waals surface area contributed by atoms with Gasteiger partial charge >= 0.3 is 6.03 Å². The van der Waals surface area contributed by atoms with Crippen molar-refractivity contribution in [2.75, 3.05) is 6.54 Å². The van der Waals surface area contributed by atoms with Crippen molar-refractivity contribution in [3.8, 4) is 0 Å². The fourth-order valence-electron chi connectivity index (χ4n) is 1.61. The zero-order valence-corrected chi connectivity index (χ0v) is 11.6. The van der Waals surface area contributed by atoms with Gasteiger partial charge in [-0.1, -0.05) is 45.0 Å². The Bertz CT molecular complexity index is 357. The second-order valence-corrected chi connectivity index (χ2v) is 4.96. The first-order valence-electron chi connectivity index (χ1n) is 6.71. The molecule has 0 saturated heterocycles. The summed E-state index contributed by atoms with van der Waals surface area (Å²) in [6.45, 7) is 7.74. The van der Waals surface area contributed by atoms with Crippen LogP contribution in [0.2, 0.25) is 0 Å². The molecule has 1 rings (SSSR count).